The Bertz CT molecular complexity index is 146. The highest BCUT2D eigenvalue weighted by atomic mass is 35.5. The monoisotopic (exact) mass is 218 g/mol. The molecule has 0 aromatic heterocycles. The van der Waals surface area contributed by atoms with Crippen molar-refractivity contribution in [3.63, 3.8) is 0 Å². The molecule has 0 N–H and O–H groups in total. The molecule has 0 aliphatic heterocycles. The molecule has 14 heavy (non-hydrogen) atoms. The Morgan fingerprint density at radius 1 is 1.07 bits per heavy atom. The molecule has 84 valence electrons. The van der Waals surface area contributed by atoms with E-state index in [9.17, 15) is 0 Å². The van der Waals surface area contributed by atoms with Gasteiger partial charge in [0.1, 0.15) is 0 Å². The van der Waals surface area contributed by atoms with Crippen molar-refractivity contribution in [3.05, 3.63) is 12.2 Å². The Morgan fingerprint density at radius 3 is 2.29 bits per heavy atom. The van der Waals surface area contributed by atoms with Gasteiger partial charge in [-0.2, -0.15) is 0 Å². The Morgan fingerprint density at radius 2 is 1.79 bits per heavy atom. The third-order valence-electron chi connectivity index (χ3n) is 2.02. The summed E-state index contributed by atoms with van der Waals surface area (Å²) in [6.07, 6.45) is 5.38. The second-order valence-corrected chi connectivity index (χ2v) is 4.04. The second-order valence-electron chi connectivity index (χ2n) is 3.73. The fourth-order valence-corrected chi connectivity index (χ4v) is 1.36. The van der Waals surface area contributed by atoms with Crippen molar-refractivity contribution in [1.82, 2.24) is 9.80 Å². The van der Waals surface area contributed by atoms with E-state index in [4.69, 9.17) is 11.6 Å². The van der Waals surface area contributed by atoms with E-state index >= 15 is 0 Å². The maximum absolute atomic E-state index is 5.58. The molecule has 0 saturated heterocycles. The van der Waals surface area contributed by atoms with Crippen LogP contribution in [0.3, 0.4) is 0 Å². The molecule has 0 fully saturated rings. The van der Waals surface area contributed by atoms with Gasteiger partial charge in [-0.1, -0.05) is 19.1 Å². The number of likely N-dealkylation sites (N-methyl/N-ethyl adjacent to an activating group) is 1. The fraction of sp³-hybridized carbons (Fsp3) is 0.818. The normalized spacial score (nSPS) is 12.1. The van der Waals surface area contributed by atoms with Crippen LogP contribution in [0.1, 0.15) is 13.3 Å². The third kappa shape index (κ3) is 8.54. The van der Waals surface area contributed by atoms with E-state index in [1.807, 2.05) is 6.08 Å². The molecule has 0 atom stereocenters. The lowest BCUT2D eigenvalue weighted by Crippen LogP contribution is -2.32. The minimum atomic E-state index is 0.619. The van der Waals surface area contributed by atoms with Crippen LogP contribution in [0.4, 0.5) is 0 Å². The van der Waals surface area contributed by atoms with Gasteiger partial charge in [0.2, 0.25) is 0 Å². The van der Waals surface area contributed by atoms with Crippen molar-refractivity contribution in [3.8, 4) is 0 Å². The fourth-order valence-electron chi connectivity index (χ4n) is 1.24. The number of hydrogen-bond acceptors (Lipinski definition) is 2. The summed E-state index contributed by atoms with van der Waals surface area (Å²) in [6, 6.07) is 0. The van der Waals surface area contributed by atoms with Gasteiger partial charge in [-0.15, -0.1) is 11.6 Å². The maximum Gasteiger partial charge on any atom is 0.0404 e. The molecular formula is C11H23ClN2. The average molecular weight is 219 g/mol. The van der Waals surface area contributed by atoms with E-state index in [1.165, 1.54) is 13.0 Å². The number of nitrogens with zero attached hydrogens (tertiary/aromatic N) is 2. The van der Waals surface area contributed by atoms with E-state index in [0.717, 1.165) is 19.6 Å². The largest absolute Gasteiger partial charge is 0.308 e. The van der Waals surface area contributed by atoms with Gasteiger partial charge in [0.25, 0.3) is 0 Å². The van der Waals surface area contributed by atoms with Crippen LogP contribution < -0.4 is 0 Å². The van der Waals surface area contributed by atoms with E-state index in [0.29, 0.717) is 5.88 Å². The summed E-state index contributed by atoms with van der Waals surface area (Å²) >= 11 is 5.58. The van der Waals surface area contributed by atoms with E-state index in [2.05, 4.69) is 36.9 Å². The highest BCUT2D eigenvalue weighted by molar-refractivity contribution is 6.18. The van der Waals surface area contributed by atoms with Crippen LogP contribution in [0.15, 0.2) is 12.2 Å². The summed E-state index contributed by atoms with van der Waals surface area (Å²) in [5, 5.41) is 0. The maximum atomic E-state index is 5.58. The predicted octanol–water partition coefficient (Wildman–Crippen LogP) is 2.06. The van der Waals surface area contributed by atoms with Crippen molar-refractivity contribution >= 4 is 11.6 Å². The molecular weight excluding hydrogens is 196 g/mol. The van der Waals surface area contributed by atoms with Crippen molar-refractivity contribution < 1.29 is 0 Å². The van der Waals surface area contributed by atoms with Crippen molar-refractivity contribution in [2.45, 2.75) is 13.3 Å². The van der Waals surface area contributed by atoms with Crippen molar-refractivity contribution in [1.29, 1.82) is 0 Å². The zero-order chi connectivity index (χ0) is 10.8. The molecule has 0 heterocycles. The van der Waals surface area contributed by atoms with Gasteiger partial charge in [0.05, 0.1) is 0 Å². The van der Waals surface area contributed by atoms with Gasteiger partial charge >= 0.3 is 0 Å². The molecule has 0 amide bonds. The van der Waals surface area contributed by atoms with Gasteiger partial charge in [-0.25, -0.2) is 0 Å². The molecule has 0 aromatic carbocycles. The quantitative estimate of drug-likeness (QED) is 0.455. The first-order valence-corrected chi connectivity index (χ1v) is 5.82. The van der Waals surface area contributed by atoms with Crippen molar-refractivity contribution in [2.75, 3.05) is 46.2 Å². The van der Waals surface area contributed by atoms with Gasteiger partial charge in [0.15, 0.2) is 0 Å². The van der Waals surface area contributed by atoms with Crippen LogP contribution in [0.2, 0.25) is 0 Å². The van der Waals surface area contributed by atoms with Gasteiger partial charge in [0, 0.05) is 25.5 Å². The smallest absolute Gasteiger partial charge is 0.0404 e. The lowest BCUT2D eigenvalue weighted by molar-refractivity contribution is 0.261. The first-order chi connectivity index (χ1) is 6.70. The highest BCUT2D eigenvalue weighted by Crippen LogP contribution is 1.93. The van der Waals surface area contributed by atoms with Crippen LogP contribution in [0, 0.1) is 0 Å². The Labute approximate surface area is 93.5 Å². The average Bonchev–Trinajstić information content (AvgIpc) is 2.14. The summed E-state index contributed by atoms with van der Waals surface area (Å²) in [5.74, 6) is 0.619. The zero-order valence-electron chi connectivity index (χ0n) is 9.67. The molecule has 2 nitrogen and oxygen atoms in total. The van der Waals surface area contributed by atoms with Crippen molar-refractivity contribution in [2.24, 2.45) is 0 Å². The lowest BCUT2D eigenvalue weighted by Gasteiger charge is -2.21. The van der Waals surface area contributed by atoms with Crippen LogP contribution in [-0.2, 0) is 0 Å². The Hall–Kier alpha value is -0.0500. The molecule has 0 unspecified atom stereocenters. The first-order valence-electron chi connectivity index (χ1n) is 5.28. The Balaban J connectivity index is 3.70. The topological polar surface area (TPSA) is 6.48 Å². The standard InChI is InChI=1S/C11H23ClN2/c1-4-8-14(9-6-5-7-12)11-10-13(2)3/h5-6H,4,7-11H2,1-3H3. The summed E-state index contributed by atoms with van der Waals surface area (Å²) in [6.45, 7) is 6.66. The van der Waals surface area contributed by atoms with Gasteiger partial charge in [-0.3, -0.25) is 4.90 Å². The van der Waals surface area contributed by atoms with E-state index < -0.39 is 0 Å². The zero-order valence-corrected chi connectivity index (χ0v) is 10.4. The summed E-state index contributed by atoms with van der Waals surface area (Å²) in [7, 11) is 4.22. The summed E-state index contributed by atoms with van der Waals surface area (Å²) < 4.78 is 0. The summed E-state index contributed by atoms with van der Waals surface area (Å²) in [5.41, 5.74) is 0. The second kappa shape index (κ2) is 9.50. The third-order valence-corrected chi connectivity index (χ3v) is 2.20. The molecule has 0 bridgehead atoms. The molecule has 3 heteroatoms. The number of rotatable bonds is 8. The summed E-state index contributed by atoms with van der Waals surface area (Å²) in [4.78, 5) is 4.66. The SMILES string of the molecule is CCCN(CC=CCCl)CCN(C)C. The predicted molar refractivity (Wildman–Crippen MR) is 65.1 cm³/mol. The van der Waals surface area contributed by atoms with Gasteiger partial charge in [-0.05, 0) is 27.1 Å². The van der Waals surface area contributed by atoms with Crippen LogP contribution in [-0.4, -0.2) is 56.0 Å². The molecule has 0 radical (unpaired) electrons. The van der Waals surface area contributed by atoms with E-state index in [-0.39, 0.29) is 0 Å². The van der Waals surface area contributed by atoms with Crippen LogP contribution in [0.5, 0.6) is 0 Å². The Kier molecular flexibility index (Phi) is 9.47. The minimum absolute atomic E-state index is 0.619. The molecule has 0 aliphatic rings. The first kappa shape index (κ1) is 13.9. The number of allylic oxidation sites excluding steroid dienone is 1. The number of alkyl halides is 1. The molecule has 0 spiro atoms. The highest BCUT2D eigenvalue weighted by Gasteiger charge is 2.01. The molecule has 0 saturated carbocycles. The number of halogens is 1. The number of hydrogen-bond donors (Lipinski definition) is 0. The van der Waals surface area contributed by atoms with E-state index in [1.54, 1.807) is 0 Å². The molecule has 0 aliphatic carbocycles. The lowest BCUT2D eigenvalue weighted by atomic mass is 10.3. The van der Waals surface area contributed by atoms with Gasteiger partial charge < -0.3 is 4.90 Å². The van der Waals surface area contributed by atoms with Crippen LogP contribution in [0.25, 0.3) is 0 Å². The molecule has 0 rings (SSSR count). The van der Waals surface area contributed by atoms with Crippen LogP contribution >= 0.6 is 11.6 Å². The molecule has 0 aromatic rings. The minimum Gasteiger partial charge on any atom is -0.308 e.